The number of hydrogen-bond acceptors (Lipinski definition) is 1. The van der Waals surface area contributed by atoms with Crippen LogP contribution in [0, 0.1) is 0 Å². The molecule has 0 atom stereocenters. The summed E-state index contributed by atoms with van der Waals surface area (Å²) in [4.78, 5) is 13.1. The number of fused-ring (bicyclic) bond motifs is 1. The van der Waals surface area contributed by atoms with Crippen LogP contribution < -0.4 is 9.94 Å². The molecule has 29 heavy (non-hydrogen) atoms. The lowest BCUT2D eigenvalue weighted by molar-refractivity contribution is -0.568. The van der Waals surface area contributed by atoms with E-state index in [0.29, 0.717) is 5.52 Å². The van der Waals surface area contributed by atoms with Crippen LogP contribution in [0.5, 0.6) is 0 Å². The zero-order valence-corrected chi connectivity index (χ0v) is 15.7. The van der Waals surface area contributed by atoms with Crippen LogP contribution >= 0.6 is 0 Å². The van der Waals surface area contributed by atoms with E-state index < -0.39 is 0 Å². The highest BCUT2D eigenvalue weighted by Crippen LogP contribution is 2.25. The Morgan fingerprint density at radius 1 is 0.552 bits per heavy atom. The highest BCUT2D eigenvalue weighted by atomic mass is 16.1. The Bertz CT molecular complexity index is 1340. The van der Waals surface area contributed by atoms with Crippen LogP contribution in [0.2, 0.25) is 0 Å². The first-order valence-electron chi connectivity index (χ1n) is 9.59. The van der Waals surface area contributed by atoms with Crippen molar-refractivity contribution in [3.63, 3.8) is 0 Å². The van der Waals surface area contributed by atoms with Gasteiger partial charge in [0.2, 0.25) is 5.69 Å². The number of nitrogens with zero attached hydrogens (tertiary/aromatic N) is 1. The SMILES string of the molecule is O=c1cc(-c2ccccc2)[nH][n+]2c(-c3ccccc3)cc(-c3ccccc3)cc12. The number of benzene rings is 3. The number of nitrogens with one attached hydrogen (secondary N) is 1. The molecule has 3 aromatic carbocycles. The number of aromatic nitrogens is 2. The average molecular weight is 375 g/mol. The molecule has 0 aliphatic rings. The van der Waals surface area contributed by atoms with Crippen LogP contribution in [0.3, 0.4) is 0 Å². The molecule has 0 spiro atoms. The molecular weight excluding hydrogens is 356 g/mol. The summed E-state index contributed by atoms with van der Waals surface area (Å²) in [5.74, 6) is 0. The van der Waals surface area contributed by atoms with Crippen molar-refractivity contribution >= 4 is 5.52 Å². The average Bonchev–Trinajstić information content (AvgIpc) is 2.80. The topological polar surface area (TPSA) is 37.0 Å². The van der Waals surface area contributed by atoms with Gasteiger partial charge >= 0.3 is 0 Å². The molecule has 0 aliphatic carbocycles. The molecule has 5 aromatic rings. The Kier molecular flexibility index (Phi) is 4.26. The van der Waals surface area contributed by atoms with Crippen molar-refractivity contribution in [1.29, 1.82) is 0 Å². The molecule has 3 nitrogen and oxygen atoms in total. The monoisotopic (exact) mass is 375 g/mol. The lowest BCUT2D eigenvalue weighted by Gasteiger charge is -2.07. The van der Waals surface area contributed by atoms with Crippen molar-refractivity contribution in [3.05, 3.63) is 119 Å². The third kappa shape index (κ3) is 3.23. The third-order valence-electron chi connectivity index (χ3n) is 5.09. The molecule has 2 aromatic heterocycles. The maximum Gasteiger partial charge on any atom is 0.283 e. The molecule has 0 radical (unpaired) electrons. The lowest BCUT2D eigenvalue weighted by Crippen LogP contribution is -2.35. The van der Waals surface area contributed by atoms with Crippen LogP contribution in [0.1, 0.15) is 0 Å². The molecule has 0 amide bonds. The minimum Gasteiger partial charge on any atom is -0.282 e. The Morgan fingerprint density at radius 3 is 1.72 bits per heavy atom. The predicted molar refractivity (Wildman–Crippen MR) is 117 cm³/mol. The summed E-state index contributed by atoms with van der Waals surface area (Å²) < 4.78 is 1.90. The number of H-pyrrole nitrogens is 1. The zero-order chi connectivity index (χ0) is 19.6. The lowest BCUT2D eigenvalue weighted by atomic mass is 10.0. The van der Waals surface area contributed by atoms with Gasteiger partial charge in [0.25, 0.3) is 10.9 Å². The van der Waals surface area contributed by atoms with Crippen LogP contribution in [0.4, 0.5) is 0 Å². The number of pyridine rings is 1. The fourth-order valence-electron chi connectivity index (χ4n) is 3.64. The molecule has 0 aliphatic heterocycles. The number of hydrogen-bond donors (Lipinski definition) is 1. The third-order valence-corrected chi connectivity index (χ3v) is 5.09. The molecule has 1 N–H and O–H groups in total. The maximum atomic E-state index is 13.1. The van der Waals surface area contributed by atoms with E-state index in [9.17, 15) is 4.79 Å². The van der Waals surface area contributed by atoms with E-state index >= 15 is 0 Å². The van der Waals surface area contributed by atoms with E-state index in [4.69, 9.17) is 0 Å². The van der Waals surface area contributed by atoms with Gasteiger partial charge in [-0.25, -0.2) is 0 Å². The summed E-state index contributed by atoms with van der Waals surface area (Å²) in [6.45, 7) is 0. The maximum absolute atomic E-state index is 13.1. The van der Waals surface area contributed by atoms with E-state index in [-0.39, 0.29) is 5.43 Å². The Morgan fingerprint density at radius 2 is 1.10 bits per heavy atom. The van der Waals surface area contributed by atoms with Crippen LogP contribution in [-0.4, -0.2) is 5.10 Å². The Hall–Kier alpha value is -3.98. The van der Waals surface area contributed by atoms with Gasteiger partial charge < -0.3 is 0 Å². The van der Waals surface area contributed by atoms with Gasteiger partial charge in [-0.1, -0.05) is 83.4 Å². The van der Waals surface area contributed by atoms with Crippen molar-refractivity contribution in [1.82, 2.24) is 5.10 Å². The van der Waals surface area contributed by atoms with Gasteiger partial charge in [-0.15, -0.1) is 0 Å². The van der Waals surface area contributed by atoms with E-state index in [1.54, 1.807) is 6.07 Å². The van der Waals surface area contributed by atoms with E-state index in [1.807, 2.05) is 77.3 Å². The standard InChI is InChI=1S/C26H18N2O/c29-26-18-23(20-12-6-2-7-13-20)27-28-24(21-14-8-3-9-15-21)16-22(17-25(26)28)19-10-4-1-5-11-19/h1-18H/p+1. The quantitative estimate of drug-likeness (QED) is 0.437. The van der Waals surface area contributed by atoms with Gasteiger partial charge in [-0.05, 0) is 23.3 Å². The summed E-state index contributed by atoms with van der Waals surface area (Å²) >= 11 is 0. The predicted octanol–water partition coefficient (Wildman–Crippen LogP) is 5.11. The summed E-state index contributed by atoms with van der Waals surface area (Å²) in [7, 11) is 0. The second-order valence-corrected chi connectivity index (χ2v) is 6.98. The molecule has 0 bridgehead atoms. The van der Waals surface area contributed by atoms with Gasteiger partial charge in [-0.3, -0.25) is 4.79 Å². The van der Waals surface area contributed by atoms with Crippen LogP contribution in [-0.2, 0) is 0 Å². The molecule has 5 rings (SSSR count). The van der Waals surface area contributed by atoms with Gasteiger partial charge in [0, 0.05) is 29.3 Å². The van der Waals surface area contributed by atoms with Crippen LogP contribution in [0.25, 0.3) is 39.2 Å². The van der Waals surface area contributed by atoms with Gasteiger partial charge in [-0.2, -0.15) is 5.10 Å². The van der Waals surface area contributed by atoms with E-state index in [0.717, 1.165) is 33.6 Å². The molecular formula is C26H19N2O+. The first-order chi connectivity index (χ1) is 14.3. The van der Waals surface area contributed by atoms with E-state index in [1.165, 1.54) is 0 Å². The number of rotatable bonds is 3. The van der Waals surface area contributed by atoms with E-state index in [2.05, 4.69) is 35.4 Å². The summed E-state index contributed by atoms with van der Waals surface area (Å²) in [6.07, 6.45) is 0. The number of aromatic amines is 1. The highest BCUT2D eigenvalue weighted by Gasteiger charge is 2.20. The van der Waals surface area contributed by atoms with Crippen molar-refractivity contribution in [2.75, 3.05) is 0 Å². The van der Waals surface area contributed by atoms with Gasteiger partial charge in [0.15, 0.2) is 0 Å². The molecule has 0 fully saturated rings. The second-order valence-electron chi connectivity index (χ2n) is 6.98. The minimum absolute atomic E-state index is 0.0161. The molecule has 0 unspecified atom stereocenters. The molecule has 3 heteroatoms. The normalized spacial score (nSPS) is 10.9. The Labute approximate surface area is 168 Å². The molecule has 2 heterocycles. The first kappa shape index (κ1) is 17.1. The minimum atomic E-state index is -0.0161. The van der Waals surface area contributed by atoms with Crippen molar-refractivity contribution in [3.8, 4) is 33.6 Å². The summed E-state index contributed by atoms with van der Waals surface area (Å²) in [6, 6.07) is 35.9. The molecule has 0 saturated heterocycles. The largest absolute Gasteiger partial charge is 0.283 e. The molecule has 138 valence electrons. The van der Waals surface area contributed by atoms with Crippen LogP contribution in [0.15, 0.2) is 114 Å². The fourth-order valence-corrected chi connectivity index (χ4v) is 3.64. The van der Waals surface area contributed by atoms with Crippen molar-refractivity contribution in [2.24, 2.45) is 0 Å². The summed E-state index contributed by atoms with van der Waals surface area (Å²) in [5.41, 5.74) is 6.45. The van der Waals surface area contributed by atoms with Crippen molar-refractivity contribution < 1.29 is 4.52 Å². The summed E-state index contributed by atoms with van der Waals surface area (Å²) in [5, 5.41) is 3.45. The molecule has 0 saturated carbocycles. The zero-order valence-electron chi connectivity index (χ0n) is 15.7. The van der Waals surface area contributed by atoms with Crippen molar-refractivity contribution in [2.45, 2.75) is 0 Å². The van der Waals surface area contributed by atoms with Gasteiger partial charge in [0.05, 0.1) is 0 Å². The smallest absolute Gasteiger partial charge is 0.282 e. The fraction of sp³-hybridized carbons (Fsp3) is 0. The van der Waals surface area contributed by atoms with Gasteiger partial charge in [0.1, 0.15) is 5.69 Å². The second kappa shape index (κ2) is 7.21. The first-order valence-corrected chi connectivity index (χ1v) is 9.59. The highest BCUT2D eigenvalue weighted by molar-refractivity contribution is 5.73. The Balaban J connectivity index is 1.84.